The third-order valence-corrected chi connectivity index (χ3v) is 7.46. The topological polar surface area (TPSA) is 144 Å². The Labute approximate surface area is 224 Å². The predicted molar refractivity (Wildman–Crippen MR) is 144 cm³/mol. The second-order valence-electron chi connectivity index (χ2n) is 9.06. The van der Waals surface area contributed by atoms with E-state index in [1.165, 1.54) is 11.3 Å². The van der Waals surface area contributed by atoms with Gasteiger partial charge in [0.05, 0.1) is 25.1 Å². The summed E-state index contributed by atoms with van der Waals surface area (Å²) in [6.07, 6.45) is 0.639. The molecule has 0 saturated heterocycles. The maximum absolute atomic E-state index is 13.1. The highest BCUT2D eigenvalue weighted by molar-refractivity contribution is 7.10. The van der Waals surface area contributed by atoms with Crippen molar-refractivity contribution in [3.63, 3.8) is 0 Å². The van der Waals surface area contributed by atoms with E-state index in [1.54, 1.807) is 42.8 Å². The number of hydrogen-bond acceptors (Lipinski definition) is 7. The fourth-order valence-corrected chi connectivity index (χ4v) is 5.27. The average Bonchev–Trinajstić information content (AvgIpc) is 3.59. The molecule has 0 spiro atoms. The summed E-state index contributed by atoms with van der Waals surface area (Å²) >= 11 is 1.40. The van der Waals surface area contributed by atoms with Gasteiger partial charge in [-0.2, -0.15) is 0 Å². The van der Waals surface area contributed by atoms with Crippen molar-refractivity contribution in [2.24, 2.45) is 17.6 Å². The monoisotopic (exact) mass is 534 g/mol. The smallest absolute Gasteiger partial charge is 0.251 e. The molecule has 10 heteroatoms. The molecule has 4 rings (SSSR count). The van der Waals surface area contributed by atoms with Crippen LogP contribution < -0.4 is 21.1 Å². The third kappa shape index (κ3) is 6.84. The fourth-order valence-electron chi connectivity index (χ4n) is 4.45. The van der Waals surface area contributed by atoms with Crippen molar-refractivity contribution in [3.8, 4) is 11.5 Å². The molecule has 3 aromatic rings. The maximum Gasteiger partial charge on any atom is 0.251 e. The van der Waals surface area contributed by atoms with Gasteiger partial charge in [-0.3, -0.25) is 19.8 Å². The summed E-state index contributed by atoms with van der Waals surface area (Å²) in [7, 11) is 1.56. The van der Waals surface area contributed by atoms with E-state index in [0.717, 1.165) is 4.88 Å². The zero-order valence-electron chi connectivity index (χ0n) is 20.9. The molecule has 1 heterocycles. The van der Waals surface area contributed by atoms with Crippen molar-refractivity contribution >= 4 is 34.8 Å². The van der Waals surface area contributed by atoms with Crippen LogP contribution in [0.4, 0.5) is 0 Å². The number of methoxy groups -OCH3 is 1. The molecule has 1 aliphatic carbocycles. The third-order valence-electron chi connectivity index (χ3n) is 6.52. The number of benzene rings is 2. The quantitative estimate of drug-likeness (QED) is 0.219. The number of thiophene rings is 1. The predicted octanol–water partition coefficient (Wildman–Crippen LogP) is 3.48. The van der Waals surface area contributed by atoms with Crippen LogP contribution in [-0.2, 0) is 20.9 Å². The molecule has 198 valence electrons. The largest absolute Gasteiger partial charge is 0.457 e. The molecule has 2 aromatic carbocycles. The Morgan fingerprint density at radius 1 is 0.974 bits per heavy atom. The number of para-hydroxylation sites is 1. The summed E-state index contributed by atoms with van der Waals surface area (Å²) in [5, 5.41) is 14.8. The van der Waals surface area contributed by atoms with Gasteiger partial charge in [-0.25, -0.2) is 0 Å². The minimum Gasteiger partial charge on any atom is -0.457 e. The number of carbonyl (C=O) groups is 3. The second-order valence-corrected chi connectivity index (χ2v) is 10.1. The van der Waals surface area contributed by atoms with E-state index < -0.39 is 11.8 Å². The Hall–Kier alpha value is -4.02. The molecule has 0 bridgehead atoms. The van der Waals surface area contributed by atoms with E-state index in [4.69, 9.17) is 20.6 Å². The molecule has 38 heavy (non-hydrogen) atoms. The first kappa shape index (κ1) is 27.0. The van der Waals surface area contributed by atoms with E-state index in [0.29, 0.717) is 35.5 Å². The molecule has 0 radical (unpaired) electrons. The van der Waals surface area contributed by atoms with E-state index in [1.807, 2.05) is 30.3 Å². The number of ketones is 1. The minimum absolute atomic E-state index is 0.0262. The van der Waals surface area contributed by atoms with Crippen LogP contribution in [0.15, 0.2) is 66.0 Å². The Morgan fingerprint density at radius 3 is 2.32 bits per heavy atom. The normalized spacial score (nSPS) is 18.5. The van der Waals surface area contributed by atoms with Gasteiger partial charge in [-0.1, -0.05) is 18.2 Å². The van der Waals surface area contributed by atoms with E-state index in [-0.39, 0.29) is 42.6 Å². The molecule has 5 N–H and O–H groups in total. The van der Waals surface area contributed by atoms with Crippen molar-refractivity contribution in [3.05, 3.63) is 82.0 Å². The maximum atomic E-state index is 13.1. The summed E-state index contributed by atoms with van der Waals surface area (Å²) in [6.45, 7) is 0.103. The molecule has 0 unspecified atom stereocenters. The Morgan fingerprint density at radius 2 is 1.66 bits per heavy atom. The standard InChI is InChI=1S/C28H30N4O5S/c1-36-21-12-23(24(13-21)28(35)31-14-22-11-18(16-38-22)26(29)30)25(33)15-32-27(34)17-7-9-20(10-8-17)37-19-5-3-2-4-6-19/h2-11,16,21,23-24H,12-15H2,1H3,(H3,29,30)(H,31,35)(H,32,34)/t21-,23+,24+/m0/s1. The number of amidine groups is 1. The SMILES string of the molecule is CO[C@H]1C[C@@H](C(=O)CNC(=O)c2ccc(Oc3ccccc3)cc2)[C@H](C(=O)NCc2cc(C(=N)N)cs2)C1. The highest BCUT2D eigenvalue weighted by atomic mass is 32.1. The van der Waals surface area contributed by atoms with Crippen molar-refractivity contribution in [2.75, 3.05) is 13.7 Å². The highest BCUT2D eigenvalue weighted by Gasteiger charge is 2.42. The first-order valence-corrected chi connectivity index (χ1v) is 13.1. The van der Waals surface area contributed by atoms with Gasteiger partial charge in [0.15, 0.2) is 5.78 Å². The van der Waals surface area contributed by atoms with Crippen molar-refractivity contribution in [1.29, 1.82) is 5.41 Å². The number of amides is 2. The zero-order valence-corrected chi connectivity index (χ0v) is 21.8. The van der Waals surface area contributed by atoms with Crippen LogP contribution in [0.25, 0.3) is 0 Å². The molecule has 1 aliphatic rings. The van der Waals surface area contributed by atoms with Gasteiger partial charge in [0.2, 0.25) is 5.91 Å². The lowest BCUT2D eigenvalue weighted by Gasteiger charge is -2.18. The molecule has 1 aromatic heterocycles. The summed E-state index contributed by atoms with van der Waals surface area (Å²) in [5.41, 5.74) is 6.51. The molecule has 1 saturated carbocycles. The van der Waals surface area contributed by atoms with Crippen LogP contribution in [-0.4, -0.2) is 43.2 Å². The lowest BCUT2D eigenvalue weighted by Crippen LogP contribution is -2.39. The lowest BCUT2D eigenvalue weighted by atomic mass is 9.91. The molecular formula is C28H30N4O5S. The Balaban J connectivity index is 1.31. The number of ether oxygens (including phenoxy) is 2. The first-order valence-electron chi connectivity index (χ1n) is 12.2. The Kier molecular flexibility index (Phi) is 8.88. The van der Waals surface area contributed by atoms with Gasteiger partial charge in [-0.05, 0) is 55.3 Å². The second kappa shape index (κ2) is 12.5. The molecular weight excluding hydrogens is 504 g/mol. The first-order chi connectivity index (χ1) is 18.3. The van der Waals surface area contributed by atoms with Crippen molar-refractivity contribution < 1.29 is 23.9 Å². The molecule has 1 fully saturated rings. The zero-order chi connectivity index (χ0) is 27.1. The van der Waals surface area contributed by atoms with Crippen LogP contribution in [0.2, 0.25) is 0 Å². The number of Topliss-reactive ketones (excluding diaryl/α,β-unsaturated/α-hetero) is 1. The van der Waals surface area contributed by atoms with Crippen molar-refractivity contribution in [2.45, 2.75) is 25.5 Å². The highest BCUT2D eigenvalue weighted by Crippen LogP contribution is 2.34. The molecule has 2 amide bonds. The molecule has 9 nitrogen and oxygen atoms in total. The van der Waals surface area contributed by atoms with Gasteiger partial charge in [0.25, 0.3) is 5.91 Å². The molecule has 3 atom stereocenters. The van der Waals surface area contributed by atoms with Crippen LogP contribution in [0.5, 0.6) is 11.5 Å². The van der Waals surface area contributed by atoms with Gasteiger partial charge in [-0.15, -0.1) is 11.3 Å². The average molecular weight is 535 g/mol. The number of nitrogens with one attached hydrogen (secondary N) is 3. The number of rotatable bonds is 11. The Bertz CT molecular complexity index is 1290. The van der Waals surface area contributed by atoms with Crippen LogP contribution in [0, 0.1) is 17.2 Å². The van der Waals surface area contributed by atoms with Crippen LogP contribution in [0.3, 0.4) is 0 Å². The minimum atomic E-state index is -0.557. The van der Waals surface area contributed by atoms with E-state index >= 15 is 0 Å². The number of nitrogen functional groups attached to an aromatic ring is 1. The van der Waals surface area contributed by atoms with Crippen LogP contribution in [0.1, 0.15) is 33.6 Å². The summed E-state index contributed by atoms with van der Waals surface area (Å²) in [6, 6.07) is 17.7. The lowest BCUT2D eigenvalue weighted by molar-refractivity contribution is -0.132. The fraction of sp³-hybridized carbons (Fsp3) is 0.286. The van der Waals surface area contributed by atoms with Gasteiger partial charge in [0.1, 0.15) is 17.3 Å². The number of carbonyl (C=O) groups excluding carboxylic acids is 3. The van der Waals surface area contributed by atoms with Gasteiger partial charge >= 0.3 is 0 Å². The van der Waals surface area contributed by atoms with Crippen molar-refractivity contribution in [1.82, 2.24) is 10.6 Å². The summed E-state index contributed by atoms with van der Waals surface area (Å²) in [4.78, 5) is 39.5. The van der Waals surface area contributed by atoms with Gasteiger partial charge in [0, 0.05) is 34.4 Å². The number of nitrogens with two attached hydrogens (primary N) is 1. The molecule has 0 aliphatic heterocycles. The van der Waals surface area contributed by atoms with Gasteiger partial charge < -0.3 is 25.8 Å². The van der Waals surface area contributed by atoms with Crippen LogP contribution >= 0.6 is 11.3 Å². The summed E-state index contributed by atoms with van der Waals surface area (Å²) < 4.78 is 11.2. The number of hydrogen-bond donors (Lipinski definition) is 4. The van der Waals surface area contributed by atoms with E-state index in [9.17, 15) is 14.4 Å². The van der Waals surface area contributed by atoms with E-state index in [2.05, 4.69) is 10.6 Å². The summed E-state index contributed by atoms with van der Waals surface area (Å²) in [5.74, 6) is -0.681.